The van der Waals surface area contributed by atoms with Crippen LogP contribution in [0.4, 0.5) is 0 Å². The highest BCUT2D eigenvalue weighted by Gasteiger charge is 2.33. The molecule has 0 aliphatic heterocycles. The topological polar surface area (TPSA) is 166 Å². The number of ether oxygens (including phenoxy) is 6. The second-order valence-corrected chi connectivity index (χ2v) is 38.7. The molecule has 0 aromatic rings. The van der Waals surface area contributed by atoms with E-state index in [4.69, 9.17) is 46.9 Å². The molecule has 348 valence electrons. The molecule has 3 unspecified atom stereocenters. The Morgan fingerprint density at radius 2 is 0.690 bits per heavy atom. The van der Waals surface area contributed by atoms with Gasteiger partial charge in [-0.15, -0.1) is 0 Å². The lowest BCUT2D eigenvalue weighted by Crippen LogP contribution is -2.44. The fraction of sp³-hybridized carbons (Fsp3) is 0.919. The Morgan fingerprint density at radius 3 is 0.897 bits per heavy atom. The van der Waals surface area contributed by atoms with E-state index in [9.17, 15) is 14.4 Å². The zero-order chi connectivity index (χ0) is 45.3. The van der Waals surface area contributed by atoms with Gasteiger partial charge >= 0.3 is 11.9 Å². The molecule has 0 aromatic carbocycles. The van der Waals surface area contributed by atoms with Gasteiger partial charge in [0.2, 0.25) is 4.69 Å². The predicted molar refractivity (Wildman–Crippen MR) is 258 cm³/mol. The van der Waals surface area contributed by atoms with Crippen molar-refractivity contribution in [1.82, 2.24) is 0 Å². The average molecular weight is 1160 g/mol. The van der Waals surface area contributed by atoms with Crippen molar-refractivity contribution in [3.05, 3.63) is 0 Å². The van der Waals surface area contributed by atoms with Crippen molar-refractivity contribution in [3.8, 4) is 0 Å². The summed E-state index contributed by atoms with van der Waals surface area (Å²) in [6, 6.07) is 4.26. The molecule has 13 nitrogen and oxygen atoms in total. The Kier molecular flexibility index (Phi) is 40.9. The minimum atomic E-state index is -1.76. The third-order valence-corrected chi connectivity index (χ3v) is 25.3. The van der Waals surface area contributed by atoms with Crippen molar-refractivity contribution < 1.29 is 61.2 Å². The molecule has 0 radical (unpaired) electrons. The number of aliphatic hydroxyl groups is 2. The van der Waals surface area contributed by atoms with E-state index < -0.39 is 33.3 Å². The lowest BCUT2D eigenvalue weighted by Gasteiger charge is -2.34. The van der Waals surface area contributed by atoms with E-state index in [2.05, 4.69) is 116 Å². The summed E-state index contributed by atoms with van der Waals surface area (Å²) in [6.45, 7) is 28.5. The van der Waals surface area contributed by atoms with Crippen LogP contribution in [0.5, 0.6) is 0 Å². The SMILES string of the molecule is CC(Br)C(=O)Br.CC(Br)C(=O)OCCOCCC[Si](C)(C)O[Si](C)(C)CCCOCCOC(=O)C(C)Br.C[Si](C)(CCCOCCO)O[Si](C)(C)CCCOCCO. The molecule has 0 amide bonds. The van der Waals surface area contributed by atoms with E-state index in [1.165, 1.54) is 0 Å². The molecular formula is C37H78Br4O13Si4. The average Bonchev–Trinajstić information content (AvgIpc) is 3.09. The number of esters is 2. The molecule has 0 aliphatic carbocycles. The van der Waals surface area contributed by atoms with Crippen LogP contribution in [0.2, 0.25) is 76.6 Å². The maximum atomic E-state index is 11.3. The number of hydrogen-bond acceptors (Lipinski definition) is 13. The molecule has 58 heavy (non-hydrogen) atoms. The van der Waals surface area contributed by atoms with Gasteiger partial charge < -0.3 is 46.9 Å². The van der Waals surface area contributed by atoms with Crippen LogP contribution in [-0.4, -0.2) is 154 Å². The molecule has 0 saturated carbocycles. The second kappa shape index (κ2) is 37.5. The van der Waals surface area contributed by atoms with Crippen LogP contribution in [0.1, 0.15) is 46.5 Å². The highest BCUT2D eigenvalue weighted by molar-refractivity contribution is 9.20. The number of carbonyl (C=O) groups excluding carboxylic acids is 3. The van der Waals surface area contributed by atoms with Gasteiger partial charge in [-0.25, -0.2) is 0 Å². The summed E-state index contributed by atoms with van der Waals surface area (Å²) in [4.78, 5) is 32.0. The quantitative estimate of drug-likeness (QED) is 0.0211. The van der Waals surface area contributed by atoms with Gasteiger partial charge in [-0.1, -0.05) is 47.8 Å². The molecule has 0 saturated heterocycles. The summed E-state index contributed by atoms with van der Waals surface area (Å²) >= 11 is 12.1. The summed E-state index contributed by atoms with van der Waals surface area (Å²) in [7, 11) is -6.79. The molecule has 2 N–H and O–H groups in total. The highest BCUT2D eigenvalue weighted by atomic mass is 79.9. The largest absolute Gasteiger partial charge is 0.462 e. The van der Waals surface area contributed by atoms with E-state index in [-0.39, 0.29) is 57.5 Å². The van der Waals surface area contributed by atoms with Crippen molar-refractivity contribution in [2.75, 3.05) is 79.3 Å². The first kappa shape index (κ1) is 63.4. The maximum absolute atomic E-state index is 11.3. The zero-order valence-corrected chi connectivity index (χ0v) is 47.6. The summed E-state index contributed by atoms with van der Waals surface area (Å²) in [5, 5.41) is 17.3. The molecule has 0 spiro atoms. The van der Waals surface area contributed by atoms with Gasteiger partial charge in [-0.05, 0) is 139 Å². The zero-order valence-electron chi connectivity index (χ0n) is 37.3. The molecule has 3 atom stereocenters. The number of alkyl halides is 3. The summed E-state index contributed by atoms with van der Waals surface area (Å²) < 4.78 is 44.9. The van der Waals surface area contributed by atoms with Crippen LogP contribution in [0, 0.1) is 0 Å². The first-order chi connectivity index (χ1) is 26.8. The second-order valence-electron chi connectivity index (χ2n) is 16.0. The minimum absolute atomic E-state index is 0.0116. The molecule has 0 bridgehead atoms. The van der Waals surface area contributed by atoms with Crippen LogP contribution in [0.25, 0.3) is 0 Å². The monoisotopic (exact) mass is 1160 g/mol. The van der Waals surface area contributed by atoms with Crippen LogP contribution >= 0.6 is 63.7 Å². The Hall–Kier alpha value is 1.08. The lowest BCUT2D eigenvalue weighted by molar-refractivity contribution is -0.144. The van der Waals surface area contributed by atoms with Gasteiger partial charge in [0.25, 0.3) is 0 Å². The molecule has 0 aromatic heterocycles. The van der Waals surface area contributed by atoms with Crippen molar-refractivity contribution in [3.63, 3.8) is 0 Å². The number of carbonyl (C=O) groups is 3. The highest BCUT2D eigenvalue weighted by Crippen LogP contribution is 2.25. The molecule has 0 aliphatic rings. The fourth-order valence-corrected chi connectivity index (χ4v) is 23.1. The Morgan fingerprint density at radius 1 is 0.448 bits per heavy atom. The van der Waals surface area contributed by atoms with E-state index in [1.54, 1.807) is 20.8 Å². The van der Waals surface area contributed by atoms with Crippen LogP contribution in [-0.2, 0) is 51.0 Å². The maximum Gasteiger partial charge on any atom is 0.319 e. The van der Waals surface area contributed by atoms with Gasteiger partial charge in [-0.3, -0.25) is 14.4 Å². The van der Waals surface area contributed by atoms with E-state index >= 15 is 0 Å². The van der Waals surface area contributed by atoms with Crippen LogP contribution in [0.3, 0.4) is 0 Å². The predicted octanol–water partition coefficient (Wildman–Crippen LogP) is 8.78. The van der Waals surface area contributed by atoms with Crippen LogP contribution < -0.4 is 0 Å². The van der Waals surface area contributed by atoms with Crippen molar-refractivity contribution >= 4 is 114 Å². The third-order valence-electron chi connectivity index (χ3n) is 7.75. The minimum Gasteiger partial charge on any atom is -0.462 e. The summed E-state index contributed by atoms with van der Waals surface area (Å²) in [5.74, 6) is -0.535. The first-order valence-electron chi connectivity index (χ1n) is 20.2. The summed E-state index contributed by atoms with van der Waals surface area (Å²) in [6.07, 6.45) is 3.90. The summed E-state index contributed by atoms with van der Waals surface area (Å²) in [5.41, 5.74) is 0. The number of rotatable bonds is 33. The van der Waals surface area contributed by atoms with Gasteiger partial charge in [0.1, 0.15) is 22.9 Å². The smallest absolute Gasteiger partial charge is 0.319 e. The third kappa shape index (κ3) is 45.1. The van der Waals surface area contributed by atoms with Gasteiger partial charge in [0.05, 0.1) is 44.5 Å². The van der Waals surface area contributed by atoms with E-state index in [1.807, 2.05) is 0 Å². The lowest BCUT2D eigenvalue weighted by atomic mass is 10.5. The number of halogens is 4. The standard InChI is InChI=1S/C20H40Br2O7Si2.C14H34O5Si2.C3H4Br2O/c1-17(21)19(23)27-13-11-25-9-7-15-30(3,4)29-31(5,6)16-8-10-26-12-14-28-20(24)18(2)22;1-20(2,13-5-9-17-11-7-15)19-21(3,4)14-6-10-18-12-8-16;1-2(4)3(5)6/h17-18H,7-16H2,1-6H3;15-16H,5-14H2,1-4H3;2H,1H3. The Labute approximate surface area is 388 Å². The van der Waals surface area contributed by atoms with Crippen LogP contribution in [0.15, 0.2) is 0 Å². The number of hydrogen-bond donors (Lipinski definition) is 2. The Bertz CT molecular complexity index is 977. The van der Waals surface area contributed by atoms with E-state index in [0.717, 1.165) is 49.9 Å². The first-order valence-corrected chi connectivity index (χ1v) is 36.2. The van der Waals surface area contributed by atoms with E-state index in [0.29, 0.717) is 52.9 Å². The Balaban J connectivity index is -0.000000961. The van der Waals surface area contributed by atoms with Gasteiger partial charge in [0, 0.05) is 26.4 Å². The molecule has 21 heteroatoms. The van der Waals surface area contributed by atoms with Gasteiger partial charge in [0.15, 0.2) is 33.3 Å². The number of aliphatic hydroxyl groups excluding tert-OH is 2. The molecule has 0 heterocycles. The fourth-order valence-electron chi connectivity index (χ4n) is 5.27. The van der Waals surface area contributed by atoms with Crippen molar-refractivity contribution in [1.29, 1.82) is 0 Å². The molecule has 0 rings (SSSR count). The van der Waals surface area contributed by atoms with Crippen molar-refractivity contribution in [2.24, 2.45) is 0 Å². The molecule has 0 fully saturated rings. The van der Waals surface area contributed by atoms with Crippen molar-refractivity contribution in [2.45, 2.75) is 137 Å². The normalized spacial score (nSPS) is 13.7. The molecular weight excluding hydrogens is 1080 g/mol. The van der Waals surface area contributed by atoms with Gasteiger partial charge in [-0.2, -0.15) is 0 Å².